The molecule has 0 aliphatic carbocycles. The van der Waals surface area contributed by atoms with Crippen molar-refractivity contribution in [3.8, 4) is 0 Å². The van der Waals surface area contributed by atoms with Crippen molar-refractivity contribution in [2.75, 3.05) is 13.1 Å². The third-order valence-corrected chi connectivity index (χ3v) is 2.84. The summed E-state index contributed by atoms with van der Waals surface area (Å²) in [6.45, 7) is 9.34. The van der Waals surface area contributed by atoms with Crippen LogP contribution in [0.2, 0.25) is 0 Å². The maximum Gasteiger partial charge on any atom is -0.00489 e. The van der Waals surface area contributed by atoms with Crippen molar-refractivity contribution in [3.63, 3.8) is 0 Å². The SMILES string of the molecule is CCCCCNCCCCCCC(C)C. The molecule has 0 fully saturated rings. The molecule has 0 radical (unpaired) electrons. The van der Waals surface area contributed by atoms with E-state index in [-0.39, 0.29) is 0 Å². The molecular formula is C14H31N. The molecular weight excluding hydrogens is 182 g/mol. The Labute approximate surface area is 97.0 Å². The van der Waals surface area contributed by atoms with Crippen LogP contribution >= 0.6 is 0 Å². The van der Waals surface area contributed by atoms with Crippen LogP contribution in [-0.4, -0.2) is 13.1 Å². The summed E-state index contributed by atoms with van der Waals surface area (Å²) in [6, 6.07) is 0. The van der Waals surface area contributed by atoms with Gasteiger partial charge in [0.15, 0.2) is 0 Å². The van der Waals surface area contributed by atoms with Gasteiger partial charge in [0.2, 0.25) is 0 Å². The second-order valence-electron chi connectivity index (χ2n) is 5.05. The van der Waals surface area contributed by atoms with Crippen LogP contribution in [0, 0.1) is 5.92 Å². The van der Waals surface area contributed by atoms with Crippen molar-refractivity contribution >= 4 is 0 Å². The smallest absolute Gasteiger partial charge is 0.00489 e. The third kappa shape index (κ3) is 14.0. The zero-order valence-corrected chi connectivity index (χ0v) is 11.1. The summed E-state index contributed by atoms with van der Waals surface area (Å²) in [4.78, 5) is 0. The monoisotopic (exact) mass is 213 g/mol. The lowest BCUT2D eigenvalue weighted by Crippen LogP contribution is -2.16. The first kappa shape index (κ1) is 15.0. The Hall–Kier alpha value is -0.0400. The van der Waals surface area contributed by atoms with Crippen LogP contribution in [-0.2, 0) is 0 Å². The summed E-state index contributed by atoms with van der Waals surface area (Å²) in [5, 5.41) is 3.52. The zero-order chi connectivity index (χ0) is 11.4. The summed E-state index contributed by atoms with van der Waals surface area (Å²) in [5.74, 6) is 0.886. The average molecular weight is 213 g/mol. The van der Waals surface area contributed by atoms with E-state index in [1.54, 1.807) is 0 Å². The van der Waals surface area contributed by atoms with Crippen LogP contribution in [0.4, 0.5) is 0 Å². The van der Waals surface area contributed by atoms with Crippen LogP contribution in [0.1, 0.15) is 72.1 Å². The Morgan fingerprint density at radius 3 is 2.00 bits per heavy atom. The Morgan fingerprint density at radius 2 is 1.40 bits per heavy atom. The fourth-order valence-electron chi connectivity index (χ4n) is 1.78. The molecule has 0 bridgehead atoms. The molecule has 0 aromatic carbocycles. The summed E-state index contributed by atoms with van der Waals surface area (Å²) in [6.07, 6.45) is 11.1. The van der Waals surface area contributed by atoms with E-state index in [9.17, 15) is 0 Å². The quantitative estimate of drug-likeness (QED) is 0.502. The van der Waals surface area contributed by atoms with E-state index in [2.05, 4.69) is 26.1 Å². The lowest BCUT2D eigenvalue weighted by atomic mass is 10.0. The molecule has 0 aliphatic heterocycles. The Morgan fingerprint density at radius 1 is 0.800 bits per heavy atom. The molecule has 0 unspecified atom stereocenters. The molecule has 0 spiro atoms. The second kappa shape index (κ2) is 12.0. The van der Waals surface area contributed by atoms with Crippen molar-refractivity contribution < 1.29 is 0 Å². The molecule has 1 heteroatoms. The molecule has 0 heterocycles. The molecule has 0 amide bonds. The highest BCUT2D eigenvalue weighted by Crippen LogP contribution is 2.08. The lowest BCUT2D eigenvalue weighted by molar-refractivity contribution is 0.510. The number of hydrogen-bond acceptors (Lipinski definition) is 1. The minimum absolute atomic E-state index is 0.886. The van der Waals surface area contributed by atoms with Gasteiger partial charge in [0.1, 0.15) is 0 Å². The number of rotatable bonds is 11. The first-order chi connectivity index (χ1) is 7.27. The molecule has 1 N–H and O–H groups in total. The largest absolute Gasteiger partial charge is 0.317 e. The summed E-state index contributed by atoms with van der Waals surface area (Å²) < 4.78 is 0. The molecule has 0 aliphatic rings. The van der Waals surface area contributed by atoms with E-state index in [0.717, 1.165) is 5.92 Å². The standard InChI is InChI=1S/C14H31N/c1-4-5-9-12-15-13-10-7-6-8-11-14(2)3/h14-15H,4-13H2,1-3H3. The molecule has 0 saturated heterocycles. The van der Waals surface area contributed by atoms with Gasteiger partial charge in [-0.2, -0.15) is 0 Å². The zero-order valence-electron chi connectivity index (χ0n) is 11.1. The molecule has 0 atom stereocenters. The van der Waals surface area contributed by atoms with Gasteiger partial charge in [-0.15, -0.1) is 0 Å². The minimum atomic E-state index is 0.886. The number of hydrogen-bond donors (Lipinski definition) is 1. The Bertz CT molecular complexity index is 110. The predicted molar refractivity (Wildman–Crippen MR) is 70.3 cm³/mol. The van der Waals surface area contributed by atoms with Crippen LogP contribution in [0.15, 0.2) is 0 Å². The van der Waals surface area contributed by atoms with Crippen LogP contribution in [0.25, 0.3) is 0 Å². The maximum atomic E-state index is 3.52. The van der Waals surface area contributed by atoms with Crippen molar-refractivity contribution in [1.82, 2.24) is 5.32 Å². The van der Waals surface area contributed by atoms with E-state index < -0.39 is 0 Å². The van der Waals surface area contributed by atoms with Gasteiger partial charge in [0, 0.05) is 0 Å². The van der Waals surface area contributed by atoms with Crippen LogP contribution < -0.4 is 5.32 Å². The molecule has 15 heavy (non-hydrogen) atoms. The summed E-state index contributed by atoms with van der Waals surface area (Å²) in [5.41, 5.74) is 0. The van der Waals surface area contributed by atoms with E-state index in [1.807, 2.05) is 0 Å². The lowest BCUT2D eigenvalue weighted by Gasteiger charge is -2.05. The molecule has 92 valence electrons. The predicted octanol–water partition coefficient (Wildman–Crippen LogP) is 4.37. The first-order valence-corrected chi connectivity index (χ1v) is 6.98. The molecule has 0 saturated carbocycles. The normalized spacial score (nSPS) is 11.2. The van der Waals surface area contributed by atoms with Gasteiger partial charge in [-0.25, -0.2) is 0 Å². The van der Waals surface area contributed by atoms with E-state index >= 15 is 0 Å². The van der Waals surface area contributed by atoms with Crippen LogP contribution in [0.3, 0.4) is 0 Å². The Balaban J connectivity index is 2.87. The van der Waals surface area contributed by atoms with Gasteiger partial charge in [0.25, 0.3) is 0 Å². The maximum absolute atomic E-state index is 3.52. The summed E-state index contributed by atoms with van der Waals surface area (Å²) >= 11 is 0. The highest BCUT2D eigenvalue weighted by molar-refractivity contribution is 4.51. The summed E-state index contributed by atoms with van der Waals surface area (Å²) in [7, 11) is 0. The average Bonchev–Trinajstić information content (AvgIpc) is 2.20. The van der Waals surface area contributed by atoms with Gasteiger partial charge in [0.05, 0.1) is 0 Å². The topological polar surface area (TPSA) is 12.0 Å². The molecule has 0 aromatic heterocycles. The number of unbranched alkanes of at least 4 members (excludes halogenated alkanes) is 5. The minimum Gasteiger partial charge on any atom is -0.317 e. The van der Waals surface area contributed by atoms with Gasteiger partial charge in [-0.3, -0.25) is 0 Å². The highest BCUT2D eigenvalue weighted by atomic mass is 14.8. The van der Waals surface area contributed by atoms with Crippen molar-refractivity contribution in [2.24, 2.45) is 5.92 Å². The molecule has 0 aromatic rings. The Kier molecular flexibility index (Phi) is 12.0. The van der Waals surface area contributed by atoms with Crippen molar-refractivity contribution in [2.45, 2.75) is 72.1 Å². The first-order valence-electron chi connectivity index (χ1n) is 6.98. The van der Waals surface area contributed by atoms with Crippen molar-refractivity contribution in [1.29, 1.82) is 0 Å². The molecule has 0 rings (SSSR count). The van der Waals surface area contributed by atoms with Gasteiger partial charge >= 0.3 is 0 Å². The van der Waals surface area contributed by atoms with Gasteiger partial charge in [-0.1, -0.05) is 59.3 Å². The number of nitrogens with one attached hydrogen (secondary N) is 1. The second-order valence-corrected chi connectivity index (χ2v) is 5.05. The fourth-order valence-corrected chi connectivity index (χ4v) is 1.78. The van der Waals surface area contributed by atoms with Gasteiger partial charge < -0.3 is 5.32 Å². The molecule has 1 nitrogen and oxygen atoms in total. The van der Waals surface area contributed by atoms with E-state index in [1.165, 1.54) is 64.5 Å². The highest BCUT2D eigenvalue weighted by Gasteiger charge is 1.94. The van der Waals surface area contributed by atoms with E-state index in [0.29, 0.717) is 0 Å². The van der Waals surface area contributed by atoms with E-state index in [4.69, 9.17) is 0 Å². The third-order valence-electron chi connectivity index (χ3n) is 2.84. The fraction of sp³-hybridized carbons (Fsp3) is 1.00. The van der Waals surface area contributed by atoms with Crippen molar-refractivity contribution in [3.05, 3.63) is 0 Å². The van der Waals surface area contributed by atoms with Crippen LogP contribution in [0.5, 0.6) is 0 Å². The van der Waals surface area contributed by atoms with Gasteiger partial charge in [-0.05, 0) is 31.8 Å².